The van der Waals surface area contributed by atoms with E-state index in [4.69, 9.17) is 14.7 Å². The molecule has 8 nitrogen and oxygen atoms in total. The number of carbonyl (C=O) groups is 2. The lowest BCUT2D eigenvalue weighted by molar-refractivity contribution is -0.147. The molecule has 1 N–H and O–H groups in total. The Balaban J connectivity index is 2.27. The van der Waals surface area contributed by atoms with Gasteiger partial charge in [-0.15, -0.1) is 0 Å². The van der Waals surface area contributed by atoms with E-state index in [0.29, 0.717) is 16.9 Å². The molecule has 0 spiro atoms. The Kier molecular flexibility index (Phi) is 6.85. The maximum Gasteiger partial charge on any atom is 0.408 e. The second kappa shape index (κ2) is 8.95. The molecule has 29 heavy (non-hydrogen) atoms. The second-order valence-electron chi connectivity index (χ2n) is 8.33. The number of nitrogens with one attached hydrogen (secondary N) is 1. The summed E-state index contributed by atoms with van der Waals surface area (Å²) in [6.07, 6.45) is -0.571. The van der Waals surface area contributed by atoms with Crippen molar-refractivity contribution in [3.63, 3.8) is 0 Å². The third-order valence-corrected chi connectivity index (χ3v) is 4.02. The molecule has 1 atom stereocenters. The first-order chi connectivity index (χ1) is 13.5. The highest BCUT2D eigenvalue weighted by atomic mass is 16.6. The number of imidazole rings is 1. The molecule has 1 heterocycles. The van der Waals surface area contributed by atoms with Crippen LogP contribution in [0.1, 0.15) is 46.0 Å². The molecule has 0 radical (unpaired) electrons. The monoisotopic (exact) mass is 400 g/mol. The van der Waals surface area contributed by atoms with Crippen molar-refractivity contribution in [2.75, 3.05) is 6.61 Å². The van der Waals surface area contributed by atoms with E-state index in [1.54, 1.807) is 39.0 Å². The van der Waals surface area contributed by atoms with Crippen molar-refractivity contribution in [3.05, 3.63) is 29.6 Å². The van der Waals surface area contributed by atoms with Crippen LogP contribution in [0.15, 0.2) is 18.2 Å². The van der Waals surface area contributed by atoms with Crippen molar-refractivity contribution >= 4 is 23.1 Å². The van der Waals surface area contributed by atoms with Gasteiger partial charge >= 0.3 is 12.1 Å². The summed E-state index contributed by atoms with van der Waals surface area (Å²) in [5.74, 6) is 0.202. The van der Waals surface area contributed by atoms with E-state index in [0.717, 1.165) is 5.52 Å². The van der Waals surface area contributed by atoms with Crippen LogP contribution in [0.4, 0.5) is 4.79 Å². The number of aryl methyl sites for hydroxylation is 1. The molecule has 1 amide bonds. The summed E-state index contributed by atoms with van der Waals surface area (Å²) >= 11 is 0. The SMILES string of the molecule is CC(C)COC(=O)[C@H](Cc1nc2cc(C#N)ccc2n1C)NC(=O)OC(C)(C)C. The molecule has 0 aliphatic heterocycles. The van der Waals surface area contributed by atoms with Crippen molar-refractivity contribution in [1.29, 1.82) is 5.26 Å². The lowest BCUT2D eigenvalue weighted by Gasteiger charge is -2.23. The summed E-state index contributed by atoms with van der Waals surface area (Å²) in [6.45, 7) is 9.35. The number of nitrogens with zero attached hydrogens (tertiary/aromatic N) is 3. The average molecular weight is 400 g/mol. The van der Waals surface area contributed by atoms with E-state index >= 15 is 0 Å². The third-order valence-electron chi connectivity index (χ3n) is 4.02. The van der Waals surface area contributed by atoms with Crippen LogP contribution >= 0.6 is 0 Å². The summed E-state index contributed by atoms with van der Waals surface area (Å²) in [4.78, 5) is 29.4. The molecule has 0 saturated carbocycles. The van der Waals surface area contributed by atoms with Gasteiger partial charge in [-0.2, -0.15) is 5.26 Å². The number of rotatable bonds is 6. The molecule has 2 aromatic rings. The van der Waals surface area contributed by atoms with Gasteiger partial charge in [0.1, 0.15) is 17.5 Å². The van der Waals surface area contributed by atoms with Gasteiger partial charge < -0.3 is 19.4 Å². The molecule has 2 rings (SSSR count). The van der Waals surface area contributed by atoms with Crippen molar-refractivity contribution in [3.8, 4) is 6.07 Å². The normalized spacial score (nSPS) is 12.5. The van der Waals surface area contributed by atoms with Gasteiger partial charge in [0.25, 0.3) is 0 Å². The molecular weight excluding hydrogens is 372 g/mol. The first kappa shape index (κ1) is 22.2. The molecule has 156 valence electrons. The lowest BCUT2D eigenvalue weighted by Crippen LogP contribution is -2.46. The Morgan fingerprint density at radius 2 is 2.00 bits per heavy atom. The Morgan fingerprint density at radius 1 is 1.31 bits per heavy atom. The number of alkyl carbamates (subject to hydrolysis) is 1. The summed E-state index contributed by atoms with van der Waals surface area (Å²) in [6, 6.07) is 6.34. The zero-order valence-corrected chi connectivity index (χ0v) is 17.8. The molecule has 0 fully saturated rings. The van der Waals surface area contributed by atoms with E-state index in [2.05, 4.69) is 16.4 Å². The largest absolute Gasteiger partial charge is 0.464 e. The predicted octanol–water partition coefficient (Wildman–Crippen LogP) is 3.08. The van der Waals surface area contributed by atoms with Crippen LogP contribution in [0, 0.1) is 17.2 Å². The van der Waals surface area contributed by atoms with Gasteiger partial charge in [0, 0.05) is 13.5 Å². The standard InChI is InChI=1S/C21H28N4O4/c1-13(2)12-28-19(26)16(24-20(27)29-21(3,4)5)10-18-23-15-9-14(11-22)7-8-17(15)25(18)6/h7-9,13,16H,10,12H2,1-6H3,(H,24,27)/t16-/m0/s1. The maximum absolute atomic E-state index is 12.6. The van der Waals surface area contributed by atoms with E-state index in [1.165, 1.54) is 0 Å². The maximum atomic E-state index is 12.6. The number of aromatic nitrogens is 2. The molecular formula is C21H28N4O4. The number of carbonyl (C=O) groups excluding carboxylic acids is 2. The van der Waals surface area contributed by atoms with E-state index in [-0.39, 0.29) is 18.9 Å². The number of fused-ring (bicyclic) bond motifs is 1. The molecule has 8 heteroatoms. The molecule has 0 aliphatic carbocycles. The zero-order chi connectivity index (χ0) is 21.8. The average Bonchev–Trinajstić information content (AvgIpc) is 2.92. The molecule has 0 bridgehead atoms. The predicted molar refractivity (Wildman–Crippen MR) is 108 cm³/mol. The Hall–Kier alpha value is -3.08. The fraction of sp³-hybridized carbons (Fsp3) is 0.524. The van der Waals surface area contributed by atoms with Crippen LogP contribution in [0.2, 0.25) is 0 Å². The molecule has 1 aromatic carbocycles. The van der Waals surface area contributed by atoms with Gasteiger partial charge in [-0.3, -0.25) is 0 Å². The summed E-state index contributed by atoms with van der Waals surface area (Å²) < 4.78 is 12.4. The van der Waals surface area contributed by atoms with Crippen molar-refractivity contribution in [2.24, 2.45) is 13.0 Å². The summed E-state index contributed by atoms with van der Waals surface area (Å²) in [7, 11) is 1.82. The van der Waals surface area contributed by atoms with Crippen molar-refractivity contribution in [2.45, 2.75) is 52.7 Å². The molecule has 0 unspecified atom stereocenters. The summed E-state index contributed by atoms with van der Waals surface area (Å²) in [5.41, 5.74) is 1.28. The number of hydrogen-bond acceptors (Lipinski definition) is 6. The zero-order valence-electron chi connectivity index (χ0n) is 17.8. The van der Waals surface area contributed by atoms with Gasteiger partial charge in [-0.1, -0.05) is 13.8 Å². The van der Waals surface area contributed by atoms with Gasteiger partial charge in [-0.05, 0) is 44.9 Å². The fourth-order valence-electron chi connectivity index (χ4n) is 2.68. The van der Waals surface area contributed by atoms with E-state index < -0.39 is 23.7 Å². The van der Waals surface area contributed by atoms with Crippen LogP contribution in [-0.4, -0.2) is 39.9 Å². The minimum atomic E-state index is -0.949. The number of hydrogen-bond donors (Lipinski definition) is 1. The highest BCUT2D eigenvalue weighted by Crippen LogP contribution is 2.18. The van der Waals surface area contributed by atoms with Crippen LogP contribution in [-0.2, 0) is 27.7 Å². The third kappa shape index (κ3) is 6.21. The van der Waals surface area contributed by atoms with Gasteiger partial charge in [-0.25, -0.2) is 14.6 Å². The van der Waals surface area contributed by atoms with Gasteiger partial charge in [0.2, 0.25) is 0 Å². The number of esters is 1. The Morgan fingerprint density at radius 3 is 2.59 bits per heavy atom. The number of nitriles is 1. The van der Waals surface area contributed by atoms with Crippen LogP contribution in [0.5, 0.6) is 0 Å². The fourth-order valence-corrected chi connectivity index (χ4v) is 2.68. The minimum Gasteiger partial charge on any atom is -0.464 e. The highest BCUT2D eigenvalue weighted by Gasteiger charge is 2.28. The summed E-state index contributed by atoms with van der Waals surface area (Å²) in [5, 5.41) is 11.7. The number of amides is 1. The molecule has 0 saturated heterocycles. The van der Waals surface area contributed by atoms with Crippen LogP contribution in [0.25, 0.3) is 11.0 Å². The van der Waals surface area contributed by atoms with Gasteiger partial charge in [0.05, 0.1) is 29.3 Å². The highest BCUT2D eigenvalue weighted by molar-refractivity contribution is 5.82. The molecule has 1 aromatic heterocycles. The quantitative estimate of drug-likeness (QED) is 0.747. The Bertz CT molecular complexity index is 935. The van der Waals surface area contributed by atoms with Crippen molar-refractivity contribution in [1.82, 2.24) is 14.9 Å². The Labute approximate surface area is 170 Å². The molecule has 0 aliphatic rings. The minimum absolute atomic E-state index is 0.128. The lowest BCUT2D eigenvalue weighted by atomic mass is 10.2. The van der Waals surface area contributed by atoms with Crippen LogP contribution in [0.3, 0.4) is 0 Å². The smallest absolute Gasteiger partial charge is 0.408 e. The van der Waals surface area contributed by atoms with Crippen molar-refractivity contribution < 1.29 is 19.1 Å². The van der Waals surface area contributed by atoms with E-state index in [9.17, 15) is 9.59 Å². The van der Waals surface area contributed by atoms with Crippen LogP contribution < -0.4 is 5.32 Å². The number of ether oxygens (including phenoxy) is 2. The number of benzene rings is 1. The first-order valence-electron chi connectivity index (χ1n) is 9.51. The van der Waals surface area contributed by atoms with Gasteiger partial charge in [0.15, 0.2) is 0 Å². The topological polar surface area (TPSA) is 106 Å². The second-order valence-corrected chi connectivity index (χ2v) is 8.33. The first-order valence-corrected chi connectivity index (χ1v) is 9.51. The van der Waals surface area contributed by atoms with E-state index in [1.807, 2.05) is 25.5 Å².